The summed E-state index contributed by atoms with van der Waals surface area (Å²) in [6.45, 7) is 2.17. The van der Waals surface area contributed by atoms with Gasteiger partial charge in [0.2, 0.25) is 5.91 Å². The number of hydrogen-bond acceptors (Lipinski definition) is 3. The number of rotatable bonds is 3. The molecule has 0 saturated carbocycles. The van der Waals surface area contributed by atoms with Crippen molar-refractivity contribution in [3.8, 4) is 0 Å². The molecule has 1 N–H and O–H groups in total. The summed E-state index contributed by atoms with van der Waals surface area (Å²) in [7, 11) is 3.62. The number of carbonyl (C=O) groups is 2. The zero-order chi connectivity index (χ0) is 14.7. The first-order chi connectivity index (χ1) is 9.49. The van der Waals surface area contributed by atoms with E-state index in [4.69, 9.17) is 0 Å². The number of amides is 2. The Hall–Kier alpha value is -2.30. The van der Waals surface area contributed by atoms with Crippen LogP contribution in [-0.2, 0) is 16.1 Å². The third kappa shape index (κ3) is 2.99. The van der Waals surface area contributed by atoms with Crippen molar-refractivity contribution in [1.82, 2.24) is 15.1 Å². The maximum absolute atomic E-state index is 12.4. The molecule has 0 aromatic heterocycles. The molecule has 1 aliphatic rings. The minimum Gasteiger partial charge on any atom is -0.382 e. The van der Waals surface area contributed by atoms with Gasteiger partial charge in [-0.2, -0.15) is 0 Å². The minimum atomic E-state index is -0.470. The normalized spacial score (nSPS) is 21.1. The molecule has 1 fully saturated rings. The van der Waals surface area contributed by atoms with E-state index in [9.17, 15) is 9.59 Å². The second kappa shape index (κ2) is 5.77. The van der Waals surface area contributed by atoms with E-state index in [1.165, 1.54) is 0 Å². The summed E-state index contributed by atoms with van der Waals surface area (Å²) in [5.41, 5.74) is 1.32. The van der Waals surface area contributed by atoms with Gasteiger partial charge in [0.05, 0.1) is 0 Å². The molecule has 2 rings (SSSR count). The molecule has 0 bridgehead atoms. The standard InChI is InChI=1S/C15H19N3O2/c1-11-14(19)16-13(10-17(2)3)15(20)18(11)9-12-7-5-4-6-8-12/h4-8,10-11H,9H2,1-3H3,(H,16,19)/b13-10+/t11-/m0/s1. The zero-order valence-corrected chi connectivity index (χ0v) is 12.0. The number of benzene rings is 1. The van der Waals surface area contributed by atoms with E-state index in [-0.39, 0.29) is 11.8 Å². The number of piperazine rings is 1. The topological polar surface area (TPSA) is 52.7 Å². The van der Waals surface area contributed by atoms with Gasteiger partial charge in [-0.1, -0.05) is 30.3 Å². The molecule has 1 heterocycles. The molecular weight excluding hydrogens is 254 g/mol. The van der Waals surface area contributed by atoms with Gasteiger partial charge in [-0.25, -0.2) is 0 Å². The van der Waals surface area contributed by atoms with Crippen LogP contribution in [0, 0.1) is 0 Å². The van der Waals surface area contributed by atoms with E-state index >= 15 is 0 Å². The average molecular weight is 273 g/mol. The van der Waals surface area contributed by atoms with Crippen molar-refractivity contribution < 1.29 is 9.59 Å². The first-order valence-electron chi connectivity index (χ1n) is 6.53. The second-order valence-electron chi connectivity index (χ2n) is 5.09. The highest BCUT2D eigenvalue weighted by Gasteiger charge is 2.34. The average Bonchev–Trinajstić information content (AvgIpc) is 2.41. The summed E-state index contributed by atoms with van der Waals surface area (Å²) in [6, 6.07) is 9.19. The van der Waals surface area contributed by atoms with Gasteiger partial charge in [0.25, 0.3) is 5.91 Å². The van der Waals surface area contributed by atoms with Gasteiger partial charge in [-0.15, -0.1) is 0 Å². The van der Waals surface area contributed by atoms with Crippen molar-refractivity contribution in [1.29, 1.82) is 0 Å². The van der Waals surface area contributed by atoms with Crippen LogP contribution in [0.25, 0.3) is 0 Å². The molecule has 0 unspecified atom stereocenters. The van der Waals surface area contributed by atoms with Gasteiger partial charge in [0, 0.05) is 26.8 Å². The Morgan fingerprint density at radius 1 is 1.25 bits per heavy atom. The van der Waals surface area contributed by atoms with Crippen molar-refractivity contribution >= 4 is 11.8 Å². The molecule has 1 aromatic rings. The third-order valence-corrected chi connectivity index (χ3v) is 3.18. The van der Waals surface area contributed by atoms with Crippen LogP contribution in [0.2, 0.25) is 0 Å². The first kappa shape index (κ1) is 14.1. The smallest absolute Gasteiger partial charge is 0.272 e. The van der Waals surface area contributed by atoms with Crippen LogP contribution in [0.4, 0.5) is 0 Å². The van der Waals surface area contributed by atoms with Crippen LogP contribution < -0.4 is 5.32 Å². The van der Waals surface area contributed by atoms with Gasteiger partial charge in [0.1, 0.15) is 11.7 Å². The van der Waals surface area contributed by atoms with Crippen molar-refractivity contribution in [2.75, 3.05) is 14.1 Å². The molecule has 106 valence electrons. The number of nitrogens with one attached hydrogen (secondary N) is 1. The molecule has 1 saturated heterocycles. The molecule has 5 nitrogen and oxygen atoms in total. The lowest BCUT2D eigenvalue weighted by Gasteiger charge is -2.34. The molecule has 1 aromatic carbocycles. The van der Waals surface area contributed by atoms with Crippen LogP contribution in [0.3, 0.4) is 0 Å². The summed E-state index contributed by atoms with van der Waals surface area (Å²) >= 11 is 0. The molecule has 20 heavy (non-hydrogen) atoms. The first-order valence-corrected chi connectivity index (χ1v) is 6.53. The molecule has 0 aliphatic carbocycles. The van der Waals surface area contributed by atoms with Crippen molar-refractivity contribution in [3.05, 3.63) is 47.8 Å². The highest BCUT2D eigenvalue weighted by Crippen LogP contribution is 2.16. The Morgan fingerprint density at radius 2 is 1.90 bits per heavy atom. The van der Waals surface area contributed by atoms with E-state index in [1.807, 2.05) is 44.4 Å². The minimum absolute atomic E-state index is 0.158. The van der Waals surface area contributed by atoms with Crippen molar-refractivity contribution in [3.63, 3.8) is 0 Å². The van der Waals surface area contributed by atoms with Crippen LogP contribution in [0.1, 0.15) is 12.5 Å². The van der Waals surface area contributed by atoms with Crippen LogP contribution >= 0.6 is 0 Å². The fraction of sp³-hybridized carbons (Fsp3) is 0.333. The Kier molecular flexibility index (Phi) is 4.08. The maximum Gasteiger partial charge on any atom is 0.272 e. The van der Waals surface area contributed by atoms with Gasteiger partial charge >= 0.3 is 0 Å². The fourth-order valence-corrected chi connectivity index (χ4v) is 2.10. The van der Waals surface area contributed by atoms with E-state index in [1.54, 1.807) is 22.9 Å². The third-order valence-electron chi connectivity index (χ3n) is 3.18. The number of carbonyl (C=O) groups excluding carboxylic acids is 2. The van der Waals surface area contributed by atoms with Crippen LogP contribution in [0.15, 0.2) is 42.2 Å². The summed E-state index contributed by atoms with van der Waals surface area (Å²) in [4.78, 5) is 27.7. The Labute approximate surface area is 118 Å². The van der Waals surface area contributed by atoms with Gasteiger partial charge in [0.15, 0.2) is 0 Å². The molecule has 1 aliphatic heterocycles. The summed E-state index contributed by atoms with van der Waals surface area (Å²) in [6.07, 6.45) is 1.63. The largest absolute Gasteiger partial charge is 0.382 e. The van der Waals surface area contributed by atoms with E-state index in [0.717, 1.165) is 5.56 Å². The molecule has 5 heteroatoms. The Morgan fingerprint density at radius 3 is 2.50 bits per heavy atom. The van der Waals surface area contributed by atoms with Crippen LogP contribution in [-0.4, -0.2) is 41.8 Å². The predicted molar refractivity (Wildman–Crippen MR) is 76.4 cm³/mol. The van der Waals surface area contributed by atoms with E-state index in [0.29, 0.717) is 12.2 Å². The monoisotopic (exact) mass is 273 g/mol. The van der Waals surface area contributed by atoms with Crippen molar-refractivity contribution in [2.24, 2.45) is 0 Å². The summed E-state index contributed by atoms with van der Waals surface area (Å²) in [5.74, 6) is -0.316. The summed E-state index contributed by atoms with van der Waals surface area (Å²) < 4.78 is 0. The van der Waals surface area contributed by atoms with Crippen molar-refractivity contribution in [2.45, 2.75) is 19.5 Å². The van der Waals surface area contributed by atoms with Gasteiger partial charge in [-0.3, -0.25) is 9.59 Å². The molecule has 0 spiro atoms. The molecule has 0 radical (unpaired) electrons. The number of hydrogen-bond donors (Lipinski definition) is 1. The summed E-state index contributed by atoms with van der Waals surface area (Å²) in [5, 5.41) is 2.65. The quantitative estimate of drug-likeness (QED) is 0.834. The number of nitrogens with zero attached hydrogens (tertiary/aromatic N) is 2. The van der Waals surface area contributed by atoms with Gasteiger partial charge < -0.3 is 15.1 Å². The highest BCUT2D eigenvalue weighted by molar-refractivity contribution is 6.04. The lowest BCUT2D eigenvalue weighted by Crippen LogP contribution is -2.55. The lowest BCUT2D eigenvalue weighted by atomic mass is 10.1. The molecular formula is C15H19N3O2. The van der Waals surface area contributed by atoms with E-state index in [2.05, 4.69) is 5.32 Å². The SMILES string of the molecule is C[C@H]1C(=O)N/C(=C/N(C)C)C(=O)N1Cc1ccccc1. The van der Waals surface area contributed by atoms with Crippen LogP contribution in [0.5, 0.6) is 0 Å². The zero-order valence-electron chi connectivity index (χ0n) is 12.0. The maximum atomic E-state index is 12.4. The Bertz CT molecular complexity index is 537. The van der Waals surface area contributed by atoms with Gasteiger partial charge in [-0.05, 0) is 12.5 Å². The lowest BCUT2D eigenvalue weighted by molar-refractivity contribution is -0.142. The second-order valence-corrected chi connectivity index (χ2v) is 5.09. The predicted octanol–water partition coefficient (Wildman–Crippen LogP) is 0.936. The van der Waals surface area contributed by atoms with E-state index < -0.39 is 6.04 Å². The highest BCUT2D eigenvalue weighted by atomic mass is 16.2. The fourth-order valence-electron chi connectivity index (χ4n) is 2.10. The Balaban J connectivity index is 2.25. The molecule has 1 atom stereocenters. The molecule has 2 amide bonds.